The summed E-state index contributed by atoms with van der Waals surface area (Å²) in [5.74, 6) is 2.82. The van der Waals surface area contributed by atoms with E-state index >= 15 is 0 Å². The van der Waals surface area contributed by atoms with Crippen LogP contribution in [0, 0.1) is 0 Å². The van der Waals surface area contributed by atoms with Crippen LogP contribution in [0.2, 0.25) is 0 Å². The quantitative estimate of drug-likeness (QED) is 0.793. The van der Waals surface area contributed by atoms with Gasteiger partial charge < -0.3 is 24.8 Å². The molecule has 6 nitrogen and oxygen atoms in total. The number of benzene rings is 1. The molecule has 26 heavy (non-hydrogen) atoms. The SMILES string of the molecule is COc1ccc2c(c1)[C@@H](NC(=S)Nc1ncccc1OC)CC(C)(C)O2. The first-order valence-corrected chi connectivity index (χ1v) is 8.76. The van der Waals surface area contributed by atoms with Crippen LogP contribution >= 0.6 is 12.2 Å². The van der Waals surface area contributed by atoms with E-state index in [4.69, 9.17) is 26.4 Å². The summed E-state index contributed by atoms with van der Waals surface area (Å²) in [7, 11) is 3.25. The van der Waals surface area contributed by atoms with Gasteiger partial charge in [0.2, 0.25) is 0 Å². The molecule has 0 bridgehead atoms. The number of pyridine rings is 1. The summed E-state index contributed by atoms with van der Waals surface area (Å²) in [6.07, 6.45) is 2.44. The zero-order valence-corrected chi connectivity index (χ0v) is 16.1. The fourth-order valence-electron chi connectivity index (χ4n) is 3.04. The van der Waals surface area contributed by atoms with Crippen molar-refractivity contribution < 1.29 is 14.2 Å². The molecule has 1 aromatic carbocycles. The third kappa shape index (κ3) is 3.99. The van der Waals surface area contributed by atoms with Crippen molar-refractivity contribution in [1.29, 1.82) is 0 Å². The highest BCUT2D eigenvalue weighted by Crippen LogP contribution is 2.41. The Balaban J connectivity index is 1.81. The number of nitrogens with zero attached hydrogens (tertiary/aromatic N) is 1. The Bertz CT molecular complexity index is 810. The first-order chi connectivity index (χ1) is 12.4. The molecule has 138 valence electrons. The van der Waals surface area contributed by atoms with Gasteiger partial charge in [0.25, 0.3) is 0 Å². The van der Waals surface area contributed by atoms with Crippen LogP contribution < -0.4 is 24.8 Å². The molecule has 0 fully saturated rings. The molecule has 0 saturated carbocycles. The highest BCUT2D eigenvalue weighted by Gasteiger charge is 2.34. The zero-order chi connectivity index (χ0) is 18.7. The third-order valence-corrected chi connectivity index (χ3v) is 4.42. The second kappa shape index (κ2) is 7.37. The van der Waals surface area contributed by atoms with E-state index in [2.05, 4.69) is 29.5 Å². The van der Waals surface area contributed by atoms with E-state index < -0.39 is 0 Å². The molecule has 1 atom stereocenters. The highest BCUT2D eigenvalue weighted by atomic mass is 32.1. The first kappa shape index (κ1) is 18.3. The number of hydrogen-bond donors (Lipinski definition) is 2. The van der Waals surface area contributed by atoms with E-state index in [0.717, 1.165) is 23.5 Å². The fraction of sp³-hybridized carbons (Fsp3) is 0.368. The van der Waals surface area contributed by atoms with Crippen LogP contribution in [0.5, 0.6) is 17.2 Å². The second-order valence-corrected chi connectivity index (χ2v) is 7.08. The summed E-state index contributed by atoms with van der Waals surface area (Å²) in [4.78, 5) is 4.27. The average molecular weight is 373 g/mol. The summed E-state index contributed by atoms with van der Waals surface area (Å²) in [6.45, 7) is 4.13. The molecule has 0 unspecified atom stereocenters. The molecule has 0 aliphatic carbocycles. The average Bonchev–Trinajstić information content (AvgIpc) is 2.61. The lowest BCUT2D eigenvalue weighted by molar-refractivity contribution is 0.0695. The zero-order valence-electron chi connectivity index (χ0n) is 15.3. The molecular weight excluding hydrogens is 350 g/mol. The third-order valence-electron chi connectivity index (χ3n) is 4.20. The Morgan fingerprint density at radius 3 is 2.81 bits per heavy atom. The second-order valence-electron chi connectivity index (χ2n) is 6.67. The van der Waals surface area contributed by atoms with Gasteiger partial charge in [-0.05, 0) is 56.4 Å². The minimum atomic E-state index is -0.308. The van der Waals surface area contributed by atoms with Gasteiger partial charge in [-0.15, -0.1) is 0 Å². The molecule has 2 aromatic rings. The number of anilines is 1. The monoisotopic (exact) mass is 373 g/mol. The number of ether oxygens (including phenoxy) is 3. The van der Waals surface area contributed by atoms with Crippen molar-refractivity contribution in [2.75, 3.05) is 19.5 Å². The topological polar surface area (TPSA) is 64.6 Å². The number of thiocarbonyl (C=S) groups is 1. The maximum Gasteiger partial charge on any atom is 0.174 e. The summed E-state index contributed by atoms with van der Waals surface area (Å²) >= 11 is 5.50. The van der Waals surface area contributed by atoms with E-state index in [1.54, 1.807) is 20.4 Å². The van der Waals surface area contributed by atoms with Gasteiger partial charge in [-0.2, -0.15) is 0 Å². The summed E-state index contributed by atoms with van der Waals surface area (Å²) in [6, 6.07) is 9.43. The van der Waals surface area contributed by atoms with Crippen molar-refractivity contribution in [1.82, 2.24) is 10.3 Å². The molecule has 0 spiro atoms. The maximum atomic E-state index is 6.09. The number of fused-ring (bicyclic) bond motifs is 1. The molecule has 1 aliphatic rings. The van der Waals surface area contributed by atoms with Gasteiger partial charge in [-0.25, -0.2) is 4.98 Å². The molecule has 0 saturated heterocycles. The van der Waals surface area contributed by atoms with E-state index in [1.807, 2.05) is 30.3 Å². The minimum absolute atomic E-state index is 0.0152. The van der Waals surface area contributed by atoms with Crippen molar-refractivity contribution in [2.24, 2.45) is 0 Å². The maximum absolute atomic E-state index is 6.09. The molecule has 3 rings (SSSR count). The molecule has 7 heteroatoms. The van der Waals surface area contributed by atoms with Crippen molar-refractivity contribution in [3.63, 3.8) is 0 Å². The molecule has 0 amide bonds. The van der Waals surface area contributed by atoms with Crippen molar-refractivity contribution in [2.45, 2.75) is 31.9 Å². The lowest BCUT2D eigenvalue weighted by atomic mass is 9.89. The van der Waals surface area contributed by atoms with E-state index in [1.165, 1.54) is 0 Å². The van der Waals surface area contributed by atoms with E-state index in [9.17, 15) is 0 Å². The number of methoxy groups -OCH3 is 2. The first-order valence-electron chi connectivity index (χ1n) is 8.35. The van der Waals surface area contributed by atoms with E-state index in [0.29, 0.717) is 16.7 Å². The smallest absolute Gasteiger partial charge is 0.174 e. The summed E-state index contributed by atoms with van der Waals surface area (Å²) in [5, 5.41) is 6.95. The van der Waals surface area contributed by atoms with Gasteiger partial charge in [0, 0.05) is 18.2 Å². The van der Waals surface area contributed by atoms with Crippen molar-refractivity contribution >= 4 is 23.1 Å². The summed E-state index contributed by atoms with van der Waals surface area (Å²) in [5.41, 5.74) is 0.707. The lowest BCUT2D eigenvalue weighted by Crippen LogP contribution is -2.42. The van der Waals surface area contributed by atoms with Gasteiger partial charge in [-0.3, -0.25) is 0 Å². The normalized spacial score (nSPS) is 17.5. The molecule has 1 aliphatic heterocycles. The minimum Gasteiger partial charge on any atom is -0.497 e. The molecule has 1 aromatic heterocycles. The Morgan fingerprint density at radius 2 is 2.08 bits per heavy atom. The number of nitrogens with one attached hydrogen (secondary N) is 2. The molecule has 2 heterocycles. The van der Waals surface area contributed by atoms with Crippen molar-refractivity contribution in [3.8, 4) is 17.2 Å². The standard InChI is InChI=1S/C19H23N3O3S/c1-19(2)11-14(13-10-12(23-3)7-8-15(13)25-19)21-18(26)22-17-16(24-4)6-5-9-20-17/h5-10,14H,11H2,1-4H3,(H2,20,21,22,26)/t14-/m0/s1. The van der Waals surface area contributed by atoms with Gasteiger partial charge in [0.1, 0.15) is 17.1 Å². The predicted molar refractivity (Wildman–Crippen MR) is 105 cm³/mol. The lowest BCUT2D eigenvalue weighted by Gasteiger charge is -2.38. The fourth-order valence-corrected chi connectivity index (χ4v) is 3.28. The van der Waals surface area contributed by atoms with Crippen LogP contribution in [0.25, 0.3) is 0 Å². The van der Waals surface area contributed by atoms with Gasteiger partial charge in [0.15, 0.2) is 16.7 Å². The van der Waals surface area contributed by atoms with Crippen LogP contribution in [0.3, 0.4) is 0 Å². The molecular formula is C19H23N3O3S. The molecule has 2 N–H and O–H groups in total. The Labute approximate surface area is 158 Å². The van der Waals surface area contributed by atoms with Gasteiger partial charge in [0.05, 0.1) is 20.3 Å². The number of aromatic nitrogens is 1. The number of rotatable bonds is 4. The number of hydrogen-bond acceptors (Lipinski definition) is 5. The largest absolute Gasteiger partial charge is 0.497 e. The van der Waals surface area contributed by atoms with Crippen LogP contribution in [0.4, 0.5) is 5.82 Å². The van der Waals surface area contributed by atoms with Crippen LogP contribution in [0.1, 0.15) is 31.9 Å². The Morgan fingerprint density at radius 1 is 1.27 bits per heavy atom. The molecule has 0 radical (unpaired) electrons. The van der Waals surface area contributed by atoms with Crippen LogP contribution in [0.15, 0.2) is 36.5 Å². The Hall–Kier alpha value is -2.54. The highest BCUT2D eigenvalue weighted by molar-refractivity contribution is 7.80. The van der Waals surface area contributed by atoms with E-state index in [-0.39, 0.29) is 11.6 Å². The van der Waals surface area contributed by atoms with Crippen molar-refractivity contribution in [3.05, 3.63) is 42.1 Å². The van der Waals surface area contributed by atoms with Crippen LogP contribution in [-0.4, -0.2) is 29.9 Å². The van der Waals surface area contributed by atoms with Gasteiger partial charge >= 0.3 is 0 Å². The van der Waals surface area contributed by atoms with Crippen LogP contribution in [-0.2, 0) is 0 Å². The van der Waals surface area contributed by atoms with Gasteiger partial charge in [-0.1, -0.05) is 0 Å². The Kier molecular flexibility index (Phi) is 5.18. The predicted octanol–water partition coefficient (Wildman–Crippen LogP) is 3.69. The summed E-state index contributed by atoms with van der Waals surface area (Å²) < 4.78 is 16.8.